The summed E-state index contributed by atoms with van der Waals surface area (Å²) in [5, 5.41) is 3.28. The highest BCUT2D eigenvalue weighted by Gasteiger charge is 2.20. The van der Waals surface area contributed by atoms with Gasteiger partial charge in [-0.2, -0.15) is 0 Å². The van der Waals surface area contributed by atoms with Crippen LogP contribution >= 0.6 is 0 Å². The highest BCUT2D eigenvalue weighted by Crippen LogP contribution is 2.26. The lowest BCUT2D eigenvalue weighted by Gasteiger charge is -2.24. The number of nitrogens with one attached hydrogen (secondary N) is 1. The lowest BCUT2D eigenvalue weighted by atomic mass is 9.97. The summed E-state index contributed by atoms with van der Waals surface area (Å²) in [4.78, 5) is 0. The van der Waals surface area contributed by atoms with Crippen LogP contribution in [0.25, 0.3) is 0 Å². The van der Waals surface area contributed by atoms with Crippen molar-refractivity contribution in [1.82, 2.24) is 5.32 Å². The number of hydrogen-bond donors (Lipinski definition) is 1. The number of morpholine rings is 1. The van der Waals surface area contributed by atoms with Crippen molar-refractivity contribution in [3.8, 4) is 0 Å². The number of hydrogen-bond acceptors (Lipinski definition) is 2. The van der Waals surface area contributed by atoms with Gasteiger partial charge < -0.3 is 10.1 Å². The fourth-order valence-electron chi connectivity index (χ4n) is 1.87. The van der Waals surface area contributed by atoms with Crippen LogP contribution in [0.1, 0.15) is 31.1 Å². The van der Waals surface area contributed by atoms with Crippen molar-refractivity contribution in [3.63, 3.8) is 0 Å². The molecule has 1 fully saturated rings. The van der Waals surface area contributed by atoms with Gasteiger partial charge in [-0.1, -0.05) is 24.3 Å². The second kappa shape index (κ2) is 4.52. The largest absolute Gasteiger partial charge is 0.371 e. The van der Waals surface area contributed by atoms with Gasteiger partial charge in [0.05, 0.1) is 12.7 Å². The van der Waals surface area contributed by atoms with Crippen LogP contribution in [-0.4, -0.2) is 19.7 Å². The molecule has 1 aromatic rings. The van der Waals surface area contributed by atoms with E-state index in [1.807, 2.05) is 24.3 Å². The van der Waals surface area contributed by atoms with Gasteiger partial charge in [0.2, 0.25) is 0 Å². The fraction of sp³-hybridized carbons (Fsp3) is 0.538. The molecule has 0 bridgehead atoms. The summed E-state index contributed by atoms with van der Waals surface area (Å²) in [6, 6.07) is 7.59. The Bertz CT molecular complexity index is 336. The molecule has 1 aliphatic rings. The third-order valence-corrected chi connectivity index (χ3v) is 2.90. The Labute approximate surface area is 95.8 Å². The first kappa shape index (κ1) is 11.6. The Balaban J connectivity index is 2.12. The predicted molar refractivity (Wildman–Crippen MR) is 62.1 cm³/mol. The summed E-state index contributed by atoms with van der Waals surface area (Å²) in [5.41, 5.74) is 0.546. The Hall–Kier alpha value is -0.930. The van der Waals surface area contributed by atoms with Crippen LogP contribution in [0, 0.1) is 0 Å². The summed E-state index contributed by atoms with van der Waals surface area (Å²) < 4.78 is 19.3. The lowest BCUT2D eigenvalue weighted by Crippen LogP contribution is -2.33. The molecule has 1 heterocycles. The van der Waals surface area contributed by atoms with E-state index in [1.54, 1.807) is 13.8 Å². The van der Waals surface area contributed by atoms with E-state index in [4.69, 9.17) is 4.74 Å². The van der Waals surface area contributed by atoms with E-state index < -0.39 is 5.67 Å². The molecule has 0 aliphatic carbocycles. The minimum Gasteiger partial charge on any atom is -0.371 e. The van der Waals surface area contributed by atoms with Crippen molar-refractivity contribution < 1.29 is 9.13 Å². The molecular weight excluding hydrogens is 205 g/mol. The lowest BCUT2D eigenvalue weighted by molar-refractivity contribution is 0.0276. The van der Waals surface area contributed by atoms with E-state index in [2.05, 4.69) is 5.32 Å². The van der Waals surface area contributed by atoms with Crippen LogP contribution in [0.3, 0.4) is 0 Å². The van der Waals surface area contributed by atoms with Crippen LogP contribution in [0.5, 0.6) is 0 Å². The summed E-state index contributed by atoms with van der Waals surface area (Å²) in [6.45, 7) is 5.62. The van der Waals surface area contributed by atoms with Crippen molar-refractivity contribution in [3.05, 3.63) is 35.4 Å². The Kier molecular flexibility index (Phi) is 3.26. The second-order valence-corrected chi connectivity index (χ2v) is 4.66. The normalized spacial score (nSPS) is 22.1. The number of rotatable bonds is 2. The van der Waals surface area contributed by atoms with Gasteiger partial charge in [0.1, 0.15) is 5.67 Å². The average molecular weight is 223 g/mol. The molecule has 3 heteroatoms. The van der Waals surface area contributed by atoms with E-state index in [9.17, 15) is 4.39 Å². The maximum Gasteiger partial charge on any atom is 0.130 e. The molecule has 0 radical (unpaired) electrons. The van der Waals surface area contributed by atoms with Gasteiger partial charge >= 0.3 is 0 Å². The molecule has 2 nitrogen and oxygen atoms in total. The van der Waals surface area contributed by atoms with Gasteiger partial charge in [0, 0.05) is 13.1 Å². The first-order valence-corrected chi connectivity index (χ1v) is 5.69. The summed E-state index contributed by atoms with van der Waals surface area (Å²) in [7, 11) is 0. The number of benzene rings is 1. The van der Waals surface area contributed by atoms with Crippen LogP contribution in [-0.2, 0) is 10.4 Å². The first-order valence-electron chi connectivity index (χ1n) is 5.69. The van der Waals surface area contributed by atoms with Gasteiger partial charge in [-0.3, -0.25) is 0 Å². The van der Waals surface area contributed by atoms with Crippen LogP contribution in [0.2, 0.25) is 0 Å². The molecule has 1 unspecified atom stereocenters. The van der Waals surface area contributed by atoms with Gasteiger partial charge in [0.15, 0.2) is 0 Å². The topological polar surface area (TPSA) is 21.3 Å². The molecule has 0 saturated carbocycles. The van der Waals surface area contributed by atoms with Gasteiger partial charge in [-0.25, -0.2) is 4.39 Å². The third-order valence-electron chi connectivity index (χ3n) is 2.90. The van der Waals surface area contributed by atoms with Gasteiger partial charge in [-0.15, -0.1) is 0 Å². The molecule has 1 atom stereocenters. The molecule has 1 saturated heterocycles. The maximum absolute atomic E-state index is 13.7. The highest BCUT2D eigenvalue weighted by atomic mass is 19.1. The van der Waals surface area contributed by atoms with Crippen LogP contribution in [0.15, 0.2) is 24.3 Å². The first-order chi connectivity index (χ1) is 7.57. The predicted octanol–water partition coefficient (Wildman–Crippen LogP) is 2.55. The SMILES string of the molecule is CC(C)(F)c1ccc(C2CNCCO2)cc1. The van der Waals surface area contributed by atoms with Crippen LogP contribution in [0.4, 0.5) is 4.39 Å². The minimum absolute atomic E-state index is 0.102. The highest BCUT2D eigenvalue weighted by molar-refractivity contribution is 5.28. The zero-order valence-electron chi connectivity index (χ0n) is 9.79. The van der Waals surface area contributed by atoms with Crippen molar-refractivity contribution in [2.24, 2.45) is 0 Å². The molecule has 16 heavy (non-hydrogen) atoms. The monoisotopic (exact) mass is 223 g/mol. The molecule has 0 aromatic heterocycles. The average Bonchev–Trinajstić information content (AvgIpc) is 2.29. The molecule has 1 N–H and O–H groups in total. The molecule has 1 aliphatic heterocycles. The second-order valence-electron chi connectivity index (χ2n) is 4.66. The number of ether oxygens (including phenoxy) is 1. The van der Waals surface area contributed by atoms with Gasteiger partial charge in [-0.05, 0) is 25.0 Å². The van der Waals surface area contributed by atoms with Crippen molar-refractivity contribution >= 4 is 0 Å². The third kappa shape index (κ3) is 2.60. The zero-order chi connectivity index (χ0) is 11.6. The van der Waals surface area contributed by atoms with Crippen molar-refractivity contribution in [1.29, 1.82) is 0 Å². The minimum atomic E-state index is -1.27. The molecule has 88 valence electrons. The van der Waals surface area contributed by atoms with Gasteiger partial charge in [0.25, 0.3) is 0 Å². The van der Waals surface area contributed by atoms with E-state index in [0.29, 0.717) is 5.56 Å². The summed E-state index contributed by atoms with van der Waals surface area (Å²) >= 11 is 0. The summed E-state index contributed by atoms with van der Waals surface area (Å²) in [6.07, 6.45) is 0.102. The Morgan fingerprint density at radius 1 is 1.31 bits per heavy atom. The molecule has 2 rings (SSSR count). The Morgan fingerprint density at radius 2 is 2.00 bits per heavy atom. The van der Waals surface area contributed by atoms with Crippen molar-refractivity contribution in [2.75, 3.05) is 19.7 Å². The summed E-state index contributed by atoms with van der Waals surface area (Å²) in [5.74, 6) is 0. The Morgan fingerprint density at radius 3 is 2.50 bits per heavy atom. The van der Waals surface area contributed by atoms with E-state index in [1.165, 1.54) is 0 Å². The molecule has 0 spiro atoms. The van der Waals surface area contributed by atoms with Crippen molar-refractivity contribution in [2.45, 2.75) is 25.6 Å². The molecule has 1 aromatic carbocycles. The smallest absolute Gasteiger partial charge is 0.130 e. The number of alkyl halides is 1. The van der Waals surface area contributed by atoms with Crippen LogP contribution < -0.4 is 5.32 Å². The van der Waals surface area contributed by atoms with E-state index in [-0.39, 0.29) is 6.10 Å². The maximum atomic E-state index is 13.7. The van der Waals surface area contributed by atoms with E-state index >= 15 is 0 Å². The standard InChI is InChI=1S/C13H18FNO/c1-13(2,14)11-5-3-10(4-6-11)12-9-15-7-8-16-12/h3-6,12,15H,7-9H2,1-2H3. The fourth-order valence-corrected chi connectivity index (χ4v) is 1.87. The zero-order valence-corrected chi connectivity index (χ0v) is 9.79. The number of halogens is 1. The quantitative estimate of drug-likeness (QED) is 0.832. The molecule has 0 amide bonds. The van der Waals surface area contributed by atoms with E-state index in [0.717, 1.165) is 25.3 Å². The molecular formula is C13H18FNO.